The SMILES string of the molecule is CCC(=O)CCCCC[C@H](NCCN(C)C)c1ncc(-c2cc3ccccc3nc2OC)o1. The maximum Gasteiger partial charge on any atom is 0.224 e. The summed E-state index contributed by atoms with van der Waals surface area (Å²) in [6.07, 6.45) is 6.93. The number of ether oxygens (including phenoxy) is 1. The molecule has 0 aliphatic heterocycles. The van der Waals surface area contributed by atoms with Gasteiger partial charge in [0.15, 0.2) is 5.76 Å². The topological polar surface area (TPSA) is 80.5 Å². The number of pyridine rings is 1. The molecule has 2 aromatic heterocycles. The molecule has 1 N–H and O–H groups in total. The lowest BCUT2D eigenvalue weighted by molar-refractivity contribution is -0.118. The minimum atomic E-state index is 0.0139. The van der Waals surface area contributed by atoms with Crippen molar-refractivity contribution in [2.45, 2.75) is 51.5 Å². The zero-order valence-corrected chi connectivity index (χ0v) is 20.3. The molecule has 3 aromatic rings. The number of carbonyl (C=O) groups is 1. The van der Waals surface area contributed by atoms with Crippen molar-refractivity contribution in [1.29, 1.82) is 0 Å². The van der Waals surface area contributed by atoms with Crippen molar-refractivity contribution in [3.63, 3.8) is 0 Å². The Kier molecular flexibility index (Phi) is 9.39. The van der Waals surface area contributed by atoms with Gasteiger partial charge >= 0.3 is 0 Å². The Morgan fingerprint density at radius 1 is 1.21 bits per heavy atom. The Morgan fingerprint density at radius 3 is 2.79 bits per heavy atom. The number of aromatic nitrogens is 2. The van der Waals surface area contributed by atoms with Crippen LogP contribution in [0, 0.1) is 0 Å². The van der Waals surface area contributed by atoms with Crippen LogP contribution in [0.2, 0.25) is 0 Å². The van der Waals surface area contributed by atoms with Gasteiger partial charge in [0.25, 0.3) is 0 Å². The Bertz CT molecular complexity index is 1030. The zero-order valence-electron chi connectivity index (χ0n) is 20.3. The van der Waals surface area contributed by atoms with Crippen LogP contribution in [0.4, 0.5) is 0 Å². The number of benzene rings is 1. The molecular formula is C26H36N4O3. The summed E-state index contributed by atoms with van der Waals surface area (Å²) in [7, 11) is 5.74. The quantitative estimate of drug-likeness (QED) is 0.344. The lowest BCUT2D eigenvalue weighted by Crippen LogP contribution is -2.30. The van der Waals surface area contributed by atoms with E-state index >= 15 is 0 Å². The highest BCUT2D eigenvalue weighted by Gasteiger charge is 2.20. The number of oxazole rings is 1. The number of nitrogens with one attached hydrogen (secondary N) is 1. The fourth-order valence-electron chi connectivity index (χ4n) is 3.80. The molecule has 33 heavy (non-hydrogen) atoms. The van der Waals surface area contributed by atoms with E-state index in [0.717, 1.165) is 55.2 Å². The number of ketones is 1. The number of rotatable bonds is 14. The minimum absolute atomic E-state index is 0.0139. The molecule has 178 valence electrons. The molecule has 1 atom stereocenters. The van der Waals surface area contributed by atoms with Crippen molar-refractivity contribution in [1.82, 2.24) is 20.2 Å². The molecule has 0 aliphatic rings. The van der Waals surface area contributed by atoms with Crippen LogP contribution in [0.25, 0.3) is 22.2 Å². The van der Waals surface area contributed by atoms with Gasteiger partial charge in [-0.05, 0) is 39.1 Å². The molecule has 0 spiro atoms. The predicted octanol–water partition coefficient (Wildman–Crippen LogP) is 5.02. The maximum absolute atomic E-state index is 11.5. The highest BCUT2D eigenvalue weighted by atomic mass is 16.5. The van der Waals surface area contributed by atoms with Gasteiger partial charge in [-0.2, -0.15) is 0 Å². The summed E-state index contributed by atoms with van der Waals surface area (Å²) >= 11 is 0. The monoisotopic (exact) mass is 452 g/mol. The Labute approximate surface area is 196 Å². The minimum Gasteiger partial charge on any atom is -0.480 e. The molecule has 0 bridgehead atoms. The molecule has 7 nitrogen and oxygen atoms in total. The summed E-state index contributed by atoms with van der Waals surface area (Å²) < 4.78 is 11.8. The first-order chi connectivity index (χ1) is 16.0. The molecule has 2 heterocycles. The number of hydrogen-bond acceptors (Lipinski definition) is 7. The number of nitrogens with zero attached hydrogens (tertiary/aromatic N) is 3. The fraction of sp³-hybridized carbons (Fsp3) is 0.500. The van der Waals surface area contributed by atoms with Gasteiger partial charge in [-0.15, -0.1) is 0 Å². The van der Waals surface area contributed by atoms with E-state index in [4.69, 9.17) is 9.15 Å². The number of Topliss-reactive ketones (excluding diaryl/α,β-unsaturated/α-hetero) is 1. The first-order valence-corrected chi connectivity index (χ1v) is 11.8. The predicted molar refractivity (Wildman–Crippen MR) is 131 cm³/mol. The van der Waals surface area contributed by atoms with Crippen molar-refractivity contribution in [3.05, 3.63) is 42.4 Å². The van der Waals surface area contributed by atoms with Crippen molar-refractivity contribution in [2.24, 2.45) is 0 Å². The average molecular weight is 453 g/mol. The number of hydrogen-bond donors (Lipinski definition) is 1. The number of unbranched alkanes of at least 4 members (excludes halogenated alkanes) is 2. The van der Waals surface area contributed by atoms with E-state index in [2.05, 4.69) is 34.3 Å². The molecule has 0 fully saturated rings. The third kappa shape index (κ3) is 7.11. The van der Waals surface area contributed by atoms with Crippen molar-refractivity contribution in [3.8, 4) is 17.2 Å². The number of methoxy groups -OCH3 is 1. The van der Waals surface area contributed by atoms with Gasteiger partial charge in [0.1, 0.15) is 5.78 Å². The molecule has 0 saturated carbocycles. The number of carbonyl (C=O) groups excluding carboxylic acids is 1. The Hall–Kier alpha value is -2.77. The van der Waals surface area contributed by atoms with E-state index in [1.807, 2.05) is 37.3 Å². The molecule has 0 aliphatic carbocycles. The fourth-order valence-corrected chi connectivity index (χ4v) is 3.80. The molecule has 0 amide bonds. The van der Waals surface area contributed by atoms with Crippen molar-refractivity contribution < 1.29 is 13.9 Å². The van der Waals surface area contributed by atoms with Crippen LogP contribution in [-0.4, -0.2) is 54.9 Å². The number of likely N-dealkylation sites (N-methyl/N-ethyl adjacent to an activating group) is 1. The molecule has 0 radical (unpaired) electrons. The van der Waals surface area contributed by atoms with Crippen LogP contribution in [-0.2, 0) is 4.79 Å². The molecular weight excluding hydrogens is 416 g/mol. The molecule has 0 saturated heterocycles. The maximum atomic E-state index is 11.5. The summed E-state index contributed by atoms with van der Waals surface area (Å²) in [5, 5.41) is 4.61. The summed E-state index contributed by atoms with van der Waals surface area (Å²) in [5.74, 6) is 2.18. The van der Waals surface area contributed by atoms with Crippen LogP contribution in [0.1, 0.15) is 57.4 Å². The summed E-state index contributed by atoms with van der Waals surface area (Å²) in [6.45, 7) is 3.69. The second-order valence-electron chi connectivity index (χ2n) is 8.60. The Balaban J connectivity index is 1.74. The lowest BCUT2D eigenvalue weighted by atomic mass is 10.0. The largest absolute Gasteiger partial charge is 0.480 e. The third-order valence-corrected chi connectivity index (χ3v) is 5.76. The van der Waals surface area contributed by atoms with Gasteiger partial charge in [-0.25, -0.2) is 9.97 Å². The van der Waals surface area contributed by atoms with E-state index in [0.29, 0.717) is 36.2 Å². The summed E-state index contributed by atoms with van der Waals surface area (Å²) in [5.41, 5.74) is 1.67. The molecule has 3 rings (SSSR count). The highest BCUT2D eigenvalue weighted by Crippen LogP contribution is 2.33. The van der Waals surface area contributed by atoms with Crippen LogP contribution in [0.3, 0.4) is 0 Å². The van der Waals surface area contributed by atoms with Crippen LogP contribution < -0.4 is 10.1 Å². The molecule has 1 aromatic carbocycles. The van der Waals surface area contributed by atoms with Gasteiger partial charge in [-0.1, -0.05) is 38.0 Å². The van der Waals surface area contributed by atoms with Gasteiger partial charge in [-0.3, -0.25) is 4.79 Å². The average Bonchev–Trinajstić information content (AvgIpc) is 3.31. The number of para-hydroxylation sites is 1. The van der Waals surface area contributed by atoms with E-state index < -0.39 is 0 Å². The summed E-state index contributed by atoms with van der Waals surface area (Å²) in [6, 6.07) is 9.99. The van der Waals surface area contributed by atoms with Gasteiger partial charge in [0.05, 0.1) is 30.4 Å². The zero-order chi connectivity index (χ0) is 23.6. The van der Waals surface area contributed by atoms with E-state index in [-0.39, 0.29) is 6.04 Å². The smallest absolute Gasteiger partial charge is 0.224 e. The standard InChI is InChI=1S/C26H36N4O3/c1-5-20(31)12-7-6-8-14-23(27-15-16-30(2)3)26-28-18-24(33-26)21-17-19-11-9-10-13-22(19)29-25(21)32-4/h9-11,13,17-18,23,27H,5-8,12,14-16H2,1-4H3/t23-/m0/s1. The van der Waals surface area contributed by atoms with E-state index in [1.165, 1.54) is 0 Å². The van der Waals surface area contributed by atoms with Crippen molar-refractivity contribution in [2.75, 3.05) is 34.3 Å². The van der Waals surface area contributed by atoms with Gasteiger partial charge < -0.3 is 19.4 Å². The van der Waals surface area contributed by atoms with Gasteiger partial charge in [0.2, 0.25) is 11.8 Å². The van der Waals surface area contributed by atoms with E-state index in [9.17, 15) is 4.79 Å². The summed E-state index contributed by atoms with van der Waals surface area (Å²) in [4.78, 5) is 22.9. The second kappa shape index (κ2) is 12.5. The van der Waals surface area contributed by atoms with Gasteiger partial charge in [0, 0.05) is 31.3 Å². The lowest BCUT2D eigenvalue weighted by Gasteiger charge is -2.17. The second-order valence-corrected chi connectivity index (χ2v) is 8.60. The Morgan fingerprint density at radius 2 is 2.03 bits per heavy atom. The first-order valence-electron chi connectivity index (χ1n) is 11.8. The number of fused-ring (bicyclic) bond motifs is 1. The van der Waals surface area contributed by atoms with Crippen LogP contribution >= 0.6 is 0 Å². The van der Waals surface area contributed by atoms with Crippen molar-refractivity contribution >= 4 is 16.7 Å². The molecule has 7 heteroatoms. The van der Waals surface area contributed by atoms with Crippen LogP contribution in [0.15, 0.2) is 40.9 Å². The normalized spacial score (nSPS) is 12.4. The molecule has 0 unspecified atom stereocenters. The first kappa shape index (κ1) is 24.9. The third-order valence-electron chi connectivity index (χ3n) is 5.76. The highest BCUT2D eigenvalue weighted by molar-refractivity contribution is 5.85. The van der Waals surface area contributed by atoms with E-state index in [1.54, 1.807) is 13.3 Å². The van der Waals surface area contributed by atoms with Crippen LogP contribution in [0.5, 0.6) is 5.88 Å².